The van der Waals surface area contributed by atoms with Gasteiger partial charge in [-0.1, -0.05) is 13.8 Å². The minimum absolute atomic E-state index is 0.0451. The third-order valence-corrected chi connectivity index (χ3v) is 2.72. The third kappa shape index (κ3) is 4.18. The summed E-state index contributed by atoms with van der Waals surface area (Å²) in [5.74, 6) is 0.590. The summed E-state index contributed by atoms with van der Waals surface area (Å²) in [5, 5.41) is 2.91. The van der Waals surface area contributed by atoms with Gasteiger partial charge in [-0.05, 0) is 18.8 Å². The van der Waals surface area contributed by atoms with Gasteiger partial charge in [-0.15, -0.1) is 0 Å². The van der Waals surface area contributed by atoms with Gasteiger partial charge in [0.05, 0.1) is 19.1 Å². The van der Waals surface area contributed by atoms with Crippen LogP contribution in [-0.2, 0) is 9.53 Å². The first-order valence-electron chi connectivity index (χ1n) is 5.72. The van der Waals surface area contributed by atoms with Crippen LogP contribution in [0.3, 0.4) is 0 Å². The van der Waals surface area contributed by atoms with Crippen LogP contribution in [0.5, 0.6) is 0 Å². The van der Waals surface area contributed by atoms with Crippen molar-refractivity contribution in [3.63, 3.8) is 0 Å². The molecule has 15 heavy (non-hydrogen) atoms. The molecular weight excluding hydrogens is 192 g/mol. The van der Waals surface area contributed by atoms with E-state index < -0.39 is 0 Å². The standard InChI is InChI=1S/C11H22N2O2/c1-8(2)4-3-5-13-11(14)9-6-15-7-10(9)12/h8-10H,3-7,12H2,1-2H3,(H,13,14). The van der Waals surface area contributed by atoms with Crippen molar-refractivity contribution in [1.82, 2.24) is 5.32 Å². The minimum atomic E-state index is -0.149. The van der Waals surface area contributed by atoms with Crippen molar-refractivity contribution in [2.75, 3.05) is 19.8 Å². The topological polar surface area (TPSA) is 64.3 Å². The Morgan fingerprint density at radius 1 is 1.53 bits per heavy atom. The van der Waals surface area contributed by atoms with E-state index in [4.69, 9.17) is 10.5 Å². The van der Waals surface area contributed by atoms with Crippen LogP contribution in [0, 0.1) is 11.8 Å². The Bertz CT molecular complexity index is 207. The van der Waals surface area contributed by atoms with Gasteiger partial charge in [0.25, 0.3) is 0 Å². The highest BCUT2D eigenvalue weighted by molar-refractivity contribution is 5.79. The molecule has 0 spiro atoms. The molecule has 2 unspecified atom stereocenters. The lowest BCUT2D eigenvalue weighted by molar-refractivity contribution is -0.125. The quantitative estimate of drug-likeness (QED) is 0.655. The maximum Gasteiger partial charge on any atom is 0.227 e. The van der Waals surface area contributed by atoms with Crippen molar-refractivity contribution >= 4 is 5.91 Å². The van der Waals surface area contributed by atoms with Crippen molar-refractivity contribution in [3.05, 3.63) is 0 Å². The van der Waals surface area contributed by atoms with Gasteiger partial charge in [-0.25, -0.2) is 0 Å². The van der Waals surface area contributed by atoms with Crippen LogP contribution in [0.15, 0.2) is 0 Å². The summed E-state index contributed by atoms with van der Waals surface area (Å²) in [6.45, 7) is 6.09. The number of hydrogen-bond donors (Lipinski definition) is 2. The molecule has 0 aromatic carbocycles. The number of nitrogens with one attached hydrogen (secondary N) is 1. The third-order valence-electron chi connectivity index (χ3n) is 2.72. The summed E-state index contributed by atoms with van der Waals surface area (Å²) in [6.07, 6.45) is 2.18. The lowest BCUT2D eigenvalue weighted by atomic mass is 10.0. The van der Waals surface area contributed by atoms with E-state index in [1.165, 1.54) is 0 Å². The smallest absolute Gasteiger partial charge is 0.227 e. The van der Waals surface area contributed by atoms with Crippen LogP contribution >= 0.6 is 0 Å². The van der Waals surface area contributed by atoms with Crippen LogP contribution in [0.1, 0.15) is 26.7 Å². The molecule has 4 heteroatoms. The lowest BCUT2D eigenvalue weighted by Crippen LogP contribution is -2.41. The highest BCUT2D eigenvalue weighted by atomic mass is 16.5. The highest BCUT2D eigenvalue weighted by Gasteiger charge is 2.30. The molecule has 1 aliphatic heterocycles. The van der Waals surface area contributed by atoms with Crippen LogP contribution in [0.4, 0.5) is 0 Å². The molecule has 2 atom stereocenters. The molecule has 0 aromatic rings. The molecule has 88 valence electrons. The van der Waals surface area contributed by atoms with Crippen molar-refractivity contribution < 1.29 is 9.53 Å². The average molecular weight is 214 g/mol. The van der Waals surface area contributed by atoms with Crippen molar-refractivity contribution in [1.29, 1.82) is 0 Å². The zero-order valence-electron chi connectivity index (χ0n) is 9.66. The summed E-state index contributed by atoms with van der Waals surface area (Å²) in [6, 6.07) is -0.130. The first kappa shape index (κ1) is 12.5. The second kappa shape index (κ2) is 6.08. The lowest BCUT2D eigenvalue weighted by Gasteiger charge is -2.13. The second-order valence-electron chi connectivity index (χ2n) is 4.63. The number of ether oxygens (including phenoxy) is 1. The molecule has 1 heterocycles. The molecule has 1 fully saturated rings. The van der Waals surface area contributed by atoms with Crippen LogP contribution in [0.25, 0.3) is 0 Å². The molecule has 0 saturated carbocycles. The van der Waals surface area contributed by atoms with E-state index in [9.17, 15) is 4.79 Å². The average Bonchev–Trinajstić information content (AvgIpc) is 2.58. The summed E-state index contributed by atoms with van der Waals surface area (Å²) in [7, 11) is 0. The predicted molar refractivity (Wildman–Crippen MR) is 59.4 cm³/mol. The molecule has 4 nitrogen and oxygen atoms in total. The van der Waals surface area contributed by atoms with E-state index in [-0.39, 0.29) is 17.9 Å². The molecule has 0 aromatic heterocycles. The zero-order chi connectivity index (χ0) is 11.3. The fourth-order valence-corrected chi connectivity index (χ4v) is 1.69. The Morgan fingerprint density at radius 2 is 2.27 bits per heavy atom. The number of carbonyl (C=O) groups excluding carboxylic acids is 1. The Morgan fingerprint density at radius 3 is 2.80 bits per heavy atom. The molecule has 1 amide bonds. The van der Waals surface area contributed by atoms with Gasteiger partial charge >= 0.3 is 0 Å². The minimum Gasteiger partial charge on any atom is -0.379 e. The first-order valence-corrected chi connectivity index (χ1v) is 5.72. The summed E-state index contributed by atoms with van der Waals surface area (Å²) >= 11 is 0. The maximum absolute atomic E-state index is 11.6. The molecule has 3 N–H and O–H groups in total. The van der Waals surface area contributed by atoms with Crippen LogP contribution in [-0.4, -0.2) is 31.7 Å². The number of amides is 1. The van der Waals surface area contributed by atoms with Crippen molar-refractivity contribution in [2.24, 2.45) is 17.6 Å². The normalized spacial score (nSPS) is 25.9. The van der Waals surface area contributed by atoms with E-state index in [1.54, 1.807) is 0 Å². The van der Waals surface area contributed by atoms with E-state index in [2.05, 4.69) is 19.2 Å². The number of nitrogens with two attached hydrogens (primary N) is 1. The van der Waals surface area contributed by atoms with E-state index >= 15 is 0 Å². The monoisotopic (exact) mass is 214 g/mol. The Kier molecular flexibility index (Phi) is 5.05. The number of carbonyl (C=O) groups is 1. The zero-order valence-corrected chi connectivity index (χ0v) is 9.66. The van der Waals surface area contributed by atoms with Gasteiger partial charge < -0.3 is 15.8 Å². The van der Waals surface area contributed by atoms with Gasteiger partial charge in [-0.3, -0.25) is 4.79 Å². The fraction of sp³-hybridized carbons (Fsp3) is 0.909. The van der Waals surface area contributed by atoms with Gasteiger partial charge in [0, 0.05) is 12.6 Å². The molecule has 0 radical (unpaired) electrons. The predicted octanol–water partition coefficient (Wildman–Crippen LogP) is 0.513. The molecule has 1 saturated heterocycles. The van der Waals surface area contributed by atoms with Gasteiger partial charge in [0.2, 0.25) is 5.91 Å². The molecule has 0 bridgehead atoms. The van der Waals surface area contributed by atoms with Gasteiger partial charge in [-0.2, -0.15) is 0 Å². The SMILES string of the molecule is CC(C)CCCNC(=O)C1COCC1N. The molecule has 0 aliphatic carbocycles. The van der Waals surface area contributed by atoms with E-state index in [0.29, 0.717) is 19.1 Å². The Balaban J connectivity index is 2.13. The Labute approximate surface area is 91.5 Å². The highest BCUT2D eigenvalue weighted by Crippen LogP contribution is 2.11. The number of rotatable bonds is 5. The van der Waals surface area contributed by atoms with Crippen molar-refractivity contribution in [2.45, 2.75) is 32.7 Å². The molecule has 1 aliphatic rings. The van der Waals surface area contributed by atoms with Crippen LogP contribution in [0.2, 0.25) is 0 Å². The second-order valence-corrected chi connectivity index (χ2v) is 4.63. The molecular formula is C11H22N2O2. The van der Waals surface area contributed by atoms with Crippen molar-refractivity contribution in [3.8, 4) is 0 Å². The summed E-state index contributed by atoms with van der Waals surface area (Å²) in [4.78, 5) is 11.6. The molecule has 1 rings (SSSR count). The largest absolute Gasteiger partial charge is 0.379 e. The fourth-order valence-electron chi connectivity index (χ4n) is 1.69. The number of hydrogen-bond acceptors (Lipinski definition) is 3. The summed E-state index contributed by atoms with van der Waals surface area (Å²) < 4.78 is 5.15. The first-order chi connectivity index (χ1) is 7.11. The maximum atomic E-state index is 11.6. The van der Waals surface area contributed by atoms with Gasteiger partial charge in [0.15, 0.2) is 0 Å². The van der Waals surface area contributed by atoms with Gasteiger partial charge in [0.1, 0.15) is 0 Å². The summed E-state index contributed by atoms with van der Waals surface area (Å²) in [5.41, 5.74) is 5.75. The van der Waals surface area contributed by atoms with E-state index in [0.717, 1.165) is 19.4 Å². The van der Waals surface area contributed by atoms with Crippen LogP contribution < -0.4 is 11.1 Å². The Hall–Kier alpha value is -0.610. The van der Waals surface area contributed by atoms with E-state index in [1.807, 2.05) is 0 Å².